The van der Waals surface area contributed by atoms with Crippen LogP contribution in [-0.4, -0.2) is 38.0 Å². The Hall–Kier alpha value is -2.70. The molecule has 4 rings (SSSR count). The highest BCUT2D eigenvalue weighted by atomic mass is 16.4. The molecule has 130 valence electrons. The average molecular weight is 340 g/mol. The van der Waals surface area contributed by atoms with Crippen molar-refractivity contribution >= 4 is 11.9 Å². The standard InChI is InChI=1S/C18H20N4O3/c23-17(14-6-2-4-11-3-1-5-13(11)14)20-15-9-12(18(24)25)10-16(15)22-8-7-19-21-22/h2,4,6-8,12,15-16H,1,3,5,9-10H2,(H,20,23)(H,24,25)/t12?,15-,16+/m1/s1. The number of hydrogen-bond donors (Lipinski definition) is 2. The van der Waals surface area contributed by atoms with E-state index in [1.807, 2.05) is 12.1 Å². The predicted molar refractivity (Wildman–Crippen MR) is 89.1 cm³/mol. The molecule has 0 spiro atoms. The summed E-state index contributed by atoms with van der Waals surface area (Å²) in [5.41, 5.74) is 3.09. The maximum atomic E-state index is 12.8. The van der Waals surface area contributed by atoms with Gasteiger partial charge in [0.1, 0.15) is 0 Å². The molecule has 25 heavy (non-hydrogen) atoms. The van der Waals surface area contributed by atoms with Crippen molar-refractivity contribution < 1.29 is 14.7 Å². The number of rotatable bonds is 4. The normalized spacial score (nSPS) is 24.9. The van der Waals surface area contributed by atoms with Gasteiger partial charge in [0, 0.05) is 11.8 Å². The molecule has 2 aliphatic carbocycles. The lowest BCUT2D eigenvalue weighted by Crippen LogP contribution is -2.39. The van der Waals surface area contributed by atoms with Crippen molar-refractivity contribution in [3.8, 4) is 0 Å². The molecule has 1 fully saturated rings. The van der Waals surface area contributed by atoms with E-state index in [2.05, 4.69) is 21.7 Å². The van der Waals surface area contributed by atoms with Gasteiger partial charge in [0.05, 0.1) is 24.2 Å². The van der Waals surface area contributed by atoms with Crippen molar-refractivity contribution in [2.75, 3.05) is 0 Å². The van der Waals surface area contributed by atoms with Gasteiger partial charge in [0.2, 0.25) is 0 Å². The van der Waals surface area contributed by atoms with Crippen LogP contribution < -0.4 is 5.32 Å². The average Bonchev–Trinajstić information content (AvgIpc) is 3.33. The third-order valence-electron chi connectivity index (χ3n) is 5.37. The Balaban J connectivity index is 1.57. The number of aromatic nitrogens is 3. The van der Waals surface area contributed by atoms with Crippen LogP contribution in [0, 0.1) is 5.92 Å². The fourth-order valence-corrected chi connectivity index (χ4v) is 4.14. The number of carbonyl (C=O) groups is 2. The summed E-state index contributed by atoms with van der Waals surface area (Å²) in [7, 11) is 0. The zero-order valence-electron chi connectivity index (χ0n) is 13.8. The molecule has 1 heterocycles. The van der Waals surface area contributed by atoms with Gasteiger partial charge in [-0.3, -0.25) is 9.59 Å². The summed E-state index contributed by atoms with van der Waals surface area (Å²) in [6.07, 6.45) is 7.14. The molecular formula is C18H20N4O3. The van der Waals surface area contributed by atoms with Crippen LogP contribution in [-0.2, 0) is 17.6 Å². The van der Waals surface area contributed by atoms with Crippen molar-refractivity contribution in [2.24, 2.45) is 5.92 Å². The zero-order valence-corrected chi connectivity index (χ0v) is 13.8. The van der Waals surface area contributed by atoms with Gasteiger partial charge in [-0.1, -0.05) is 17.3 Å². The zero-order chi connectivity index (χ0) is 17.4. The van der Waals surface area contributed by atoms with E-state index in [4.69, 9.17) is 0 Å². The first kappa shape index (κ1) is 15.8. The molecule has 3 atom stereocenters. The number of carboxylic acids is 1. The molecule has 0 aliphatic heterocycles. The first-order valence-corrected chi connectivity index (χ1v) is 8.63. The largest absolute Gasteiger partial charge is 0.481 e. The molecule has 1 saturated carbocycles. The van der Waals surface area contributed by atoms with Crippen LogP contribution in [0.3, 0.4) is 0 Å². The molecule has 1 aromatic heterocycles. The summed E-state index contributed by atoms with van der Waals surface area (Å²) in [5.74, 6) is -1.44. The monoisotopic (exact) mass is 340 g/mol. The molecule has 1 aromatic carbocycles. The second kappa shape index (κ2) is 6.31. The van der Waals surface area contributed by atoms with Crippen LogP contribution in [0.5, 0.6) is 0 Å². The predicted octanol–water partition coefficient (Wildman–Crippen LogP) is 1.60. The van der Waals surface area contributed by atoms with Crippen molar-refractivity contribution in [3.05, 3.63) is 47.3 Å². The van der Waals surface area contributed by atoms with Crippen LogP contribution in [0.4, 0.5) is 0 Å². The minimum Gasteiger partial charge on any atom is -0.481 e. The Kier molecular flexibility index (Phi) is 3.99. The van der Waals surface area contributed by atoms with E-state index in [1.165, 1.54) is 5.56 Å². The highest BCUT2D eigenvalue weighted by Gasteiger charge is 2.40. The molecule has 0 saturated heterocycles. The molecule has 2 aromatic rings. The van der Waals surface area contributed by atoms with Gasteiger partial charge in [-0.2, -0.15) is 0 Å². The SMILES string of the molecule is O=C(N[C@@H]1CC(C(=O)O)C[C@@H]1n1ccnn1)c1cccc2c1CCC2. The summed E-state index contributed by atoms with van der Waals surface area (Å²) >= 11 is 0. The first-order chi connectivity index (χ1) is 12.1. The van der Waals surface area contributed by atoms with Gasteiger partial charge in [0.15, 0.2) is 0 Å². The number of carbonyl (C=O) groups excluding carboxylic acids is 1. The van der Waals surface area contributed by atoms with E-state index in [-0.39, 0.29) is 18.0 Å². The summed E-state index contributed by atoms with van der Waals surface area (Å²) in [6, 6.07) is 5.39. The van der Waals surface area contributed by atoms with E-state index in [1.54, 1.807) is 17.1 Å². The molecule has 1 amide bonds. The van der Waals surface area contributed by atoms with Crippen LogP contribution >= 0.6 is 0 Å². The number of aryl methyl sites for hydroxylation is 1. The van der Waals surface area contributed by atoms with E-state index in [9.17, 15) is 14.7 Å². The minimum atomic E-state index is -0.831. The summed E-state index contributed by atoms with van der Waals surface area (Å²) in [6.45, 7) is 0. The number of hydrogen-bond acceptors (Lipinski definition) is 4. The fourth-order valence-electron chi connectivity index (χ4n) is 4.14. The lowest BCUT2D eigenvalue weighted by Gasteiger charge is -2.21. The van der Waals surface area contributed by atoms with E-state index in [0.29, 0.717) is 18.4 Å². The lowest BCUT2D eigenvalue weighted by atomic mass is 10.0. The number of fused-ring (bicyclic) bond motifs is 1. The summed E-state index contributed by atoms with van der Waals surface area (Å²) in [4.78, 5) is 24.3. The number of nitrogens with one attached hydrogen (secondary N) is 1. The molecule has 0 radical (unpaired) electrons. The van der Waals surface area contributed by atoms with Crippen molar-refractivity contribution in [3.63, 3.8) is 0 Å². The maximum Gasteiger partial charge on any atom is 0.306 e. The van der Waals surface area contributed by atoms with Gasteiger partial charge in [-0.05, 0) is 49.3 Å². The summed E-state index contributed by atoms with van der Waals surface area (Å²) < 4.78 is 1.66. The van der Waals surface area contributed by atoms with Gasteiger partial charge >= 0.3 is 5.97 Å². The van der Waals surface area contributed by atoms with Crippen LogP contribution in [0.25, 0.3) is 0 Å². The molecule has 2 aliphatic rings. The number of nitrogens with zero attached hydrogens (tertiary/aromatic N) is 3. The van der Waals surface area contributed by atoms with Crippen LogP contribution in [0.15, 0.2) is 30.6 Å². The highest BCUT2D eigenvalue weighted by molar-refractivity contribution is 5.96. The Labute approximate surface area is 145 Å². The Morgan fingerprint density at radius 2 is 2.12 bits per heavy atom. The van der Waals surface area contributed by atoms with E-state index < -0.39 is 11.9 Å². The van der Waals surface area contributed by atoms with Crippen LogP contribution in [0.2, 0.25) is 0 Å². The molecule has 0 bridgehead atoms. The second-order valence-electron chi connectivity index (χ2n) is 6.83. The van der Waals surface area contributed by atoms with E-state index >= 15 is 0 Å². The van der Waals surface area contributed by atoms with Gasteiger partial charge in [-0.25, -0.2) is 4.68 Å². The number of carboxylic acid groups (broad SMARTS) is 1. The van der Waals surface area contributed by atoms with Crippen molar-refractivity contribution in [1.29, 1.82) is 0 Å². The second-order valence-corrected chi connectivity index (χ2v) is 6.83. The lowest BCUT2D eigenvalue weighted by molar-refractivity contribution is -0.141. The number of amides is 1. The minimum absolute atomic E-state index is 0.125. The molecule has 2 N–H and O–H groups in total. The molecule has 7 nitrogen and oxygen atoms in total. The first-order valence-electron chi connectivity index (χ1n) is 8.63. The fraction of sp³-hybridized carbons (Fsp3) is 0.444. The van der Waals surface area contributed by atoms with Gasteiger partial charge in [-0.15, -0.1) is 5.10 Å². The van der Waals surface area contributed by atoms with E-state index in [0.717, 1.165) is 24.8 Å². The Morgan fingerprint density at radius 3 is 2.88 bits per heavy atom. The maximum absolute atomic E-state index is 12.8. The van der Waals surface area contributed by atoms with Crippen LogP contribution in [0.1, 0.15) is 46.8 Å². The van der Waals surface area contributed by atoms with Gasteiger partial charge in [0.25, 0.3) is 5.91 Å². The Morgan fingerprint density at radius 1 is 1.24 bits per heavy atom. The third-order valence-corrected chi connectivity index (χ3v) is 5.37. The third kappa shape index (κ3) is 2.90. The smallest absolute Gasteiger partial charge is 0.306 e. The van der Waals surface area contributed by atoms with Crippen molar-refractivity contribution in [2.45, 2.75) is 44.2 Å². The molecule has 1 unspecified atom stereocenters. The number of aliphatic carboxylic acids is 1. The quantitative estimate of drug-likeness (QED) is 0.881. The Bertz CT molecular complexity index is 803. The van der Waals surface area contributed by atoms with Gasteiger partial charge < -0.3 is 10.4 Å². The van der Waals surface area contributed by atoms with Crippen molar-refractivity contribution in [1.82, 2.24) is 20.3 Å². The highest BCUT2D eigenvalue weighted by Crippen LogP contribution is 2.35. The summed E-state index contributed by atoms with van der Waals surface area (Å²) in [5, 5.41) is 20.2. The number of benzene rings is 1. The molecular weight excluding hydrogens is 320 g/mol. The topological polar surface area (TPSA) is 97.1 Å². The molecule has 7 heteroatoms.